The minimum Gasteiger partial charge on any atom is -0.420 e. The van der Waals surface area contributed by atoms with E-state index in [4.69, 9.17) is 22.1 Å². The fraction of sp³-hybridized carbons (Fsp3) is 0. The number of benzene rings is 1. The third-order valence-electron chi connectivity index (χ3n) is 2.03. The lowest BCUT2D eigenvalue weighted by Gasteiger charge is -1.97. The fourth-order valence-corrected chi connectivity index (χ4v) is 1.37. The largest absolute Gasteiger partial charge is 0.420 e. The highest BCUT2D eigenvalue weighted by Crippen LogP contribution is 2.13. The lowest BCUT2D eigenvalue weighted by Crippen LogP contribution is -2.10. The van der Waals surface area contributed by atoms with Gasteiger partial charge in [0.25, 0.3) is 6.02 Å². The molecular formula is C11H7ClN2O3. The van der Waals surface area contributed by atoms with E-state index >= 15 is 0 Å². The van der Waals surface area contributed by atoms with Crippen LogP contribution in [0, 0.1) is 0 Å². The summed E-state index contributed by atoms with van der Waals surface area (Å²) in [4.78, 5) is 26.2. The Hall–Kier alpha value is -2.14. The van der Waals surface area contributed by atoms with Crippen LogP contribution in [0.3, 0.4) is 0 Å². The van der Waals surface area contributed by atoms with Gasteiger partial charge in [-0.1, -0.05) is 11.6 Å². The molecule has 86 valence electrons. The third kappa shape index (κ3) is 2.51. The Balaban J connectivity index is 2.20. The summed E-state index contributed by atoms with van der Waals surface area (Å²) in [7, 11) is 0. The van der Waals surface area contributed by atoms with Crippen molar-refractivity contribution < 1.29 is 14.3 Å². The smallest absolute Gasteiger partial charge is 0.317 e. The van der Waals surface area contributed by atoms with E-state index < -0.39 is 5.91 Å². The maximum atomic E-state index is 11.7. The van der Waals surface area contributed by atoms with Crippen LogP contribution < -0.4 is 5.73 Å². The summed E-state index contributed by atoms with van der Waals surface area (Å²) in [6, 6.07) is 5.99. The van der Waals surface area contributed by atoms with Crippen LogP contribution in [0.25, 0.3) is 0 Å². The number of allylic oxidation sites excluding steroid dienone is 1. The Morgan fingerprint density at radius 3 is 2.53 bits per heavy atom. The number of nitrogens with zero attached hydrogens (tertiary/aromatic N) is 1. The van der Waals surface area contributed by atoms with Gasteiger partial charge in [0.05, 0.1) is 0 Å². The van der Waals surface area contributed by atoms with Gasteiger partial charge in [-0.15, -0.1) is 0 Å². The molecule has 2 N–H and O–H groups in total. The standard InChI is InChI=1S/C11H7ClN2O3/c12-7-3-1-6(2-4-7)8(15)5-9-10(16)14-11(13)17-9/h1-5H,(H2,13,14,16)/b9-5-. The van der Waals surface area contributed by atoms with Crippen molar-refractivity contribution in [2.75, 3.05) is 0 Å². The van der Waals surface area contributed by atoms with Crippen LogP contribution in [-0.4, -0.2) is 17.7 Å². The van der Waals surface area contributed by atoms with Gasteiger partial charge in [0.1, 0.15) is 0 Å². The van der Waals surface area contributed by atoms with Crippen LogP contribution in [0.15, 0.2) is 41.1 Å². The Kier molecular flexibility index (Phi) is 2.93. The molecule has 1 heterocycles. The van der Waals surface area contributed by atoms with Crippen molar-refractivity contribution in [3.8, 4) is 0 Å². The number of hydrogen-bond acceptors (Lipinski definition) is 4. The van der Waals surface area contributed by atoms with Crippen molar-refractivity contribution in [1.82, 2.24) is 0 Å². The van der Waals surface area contributed by atoms with Gasteiger partial charge in [0.15, 0.2) is 5.78 Å². The first-order valence-electron chi connectivity index (χ1n) is 4.64. The summed E-state index contributed by atoms with van der Waals surface area (Å²) < 4.78 is 4.78. The van der Waals surface area contributed by atoms with Gasteiger partial charge in [-0.2, -0.15) is 4.99 Å². The number of rotatable bonds is 2. The SMILES string of the molecule is NC1=NC(=O)/C(=C/C(=O)c2ccc(Cl)cc2)O1. The van der Waals surface area contributed by atoms with Gasteiger partial charge in [0, 0.05) is 16.7 Å². The second kappa shape index (κ2) is 4.39. The molecular weight excluding hydrogens is 244 g/mol. The summed E-state index contributed by atoms with van der Waals surface area (Å²) in [6.45, 7) is 0. The highest BCUT2D eigenvalue weighted by atomic mass is 35.5. The number of carbonyl (C=O) groups is 2. The molecule has 17 heavy (non-hydrogen) atoms. The summed E-state index contributed by atoms with van der Waals surface area (Å²) >= 11 is 5.69. The summed E-state index contributed by atoms with van der Waals surface area (Å²) in [5.41, 5.74) is 5.58. The molecule has 0 spiro atoms. The van der Waals surface area contributed by atoms with E-state index in [2.05, 4.69) is 4.99 Å². The van der Waals surface area contributed by atoms with E-state index in [1.165, 1.54) is 0 Å². The van der Waals surface area contributed by atoms with Gasteiger partial charge in [-0.05, 0) is 24.3 Å². The molecule has 0 radical (unpaired) electrons. The molecule has 0 saturated carbocycles. The number of aliphatic imine (C=N–C) groups is 1. The Morgan fingerprint density at radius 2 is 2.00 bits per heavy atom. The molecule has 1 amide bonds. The average molecular weight is 251 g/mol. The van der Waals surface area contributed by atoms with E-state index in [1.54, 1.807) is 24.3 Å². The van der Waals surface area contributed by atoms with Crippen LogP contribution in [0.5, 0.6) is 0 Å². The lowest BCUT2D eigenvalue weighted by molar-refractivity contribution is -0.115. The van der Waals surface area contributed by atoms with Crippen LogP contribution in [-0.2, 0) is 9.53 Å². The number of halogens is 1. The van der Waals surface area contributed by atoms with E-state index in [0.717, 1.165) is 6.08 Å². The monoisotopic (exact) mass is 250 g/mol. The summed E-state index contributed by atoms with van der Waals surface area (Å²) in [5, 5.41) is 0.523. The molecule has 0 aliphatic carbocycles. The fourth-order valence-electron chi connectivity index (χ4n) is 1.24. The predicted molar refractivity (Wildman–Crippen MR) is 61.6 cm³/mol. The zero-order valence-electron chi connectivity index (χ0n) is 8.51. The highest BCUT2D eigenvalue weighted by molar-refractivity contribution is 6.30. The topological polar surface area (TPSA) is 81.8 Å². The Labute approximate surface area is 102 Å². The maximum absolute atomic E-state index is 11.7. The van der Waals surface area contributed by atoms with E-state index in [9.17, 15) is 9.59 Å². The third-order valence-corrected chi connectivity index (χ3v) is 2.28. The van der Waals surface area contributed by atoms with Gasteiger partial charge < -0.3 is 10.5 Å². The quantitative estimate of drug-likeness (QED) is 0.633. The van der Waals surface area contributed by atoms with Crippen molar-refractivity contribution in [2.24, 2.45) is 10.7 Å². The van der Waals surface area contributed by atoms with Gasteiger partial charge in [-0.3, -0.25) is 9.59 Å². The molecule has 0 atom stereocenters. The first-order valence-corrected chi connectivity index (χ1v) is 5.02. The van der Waals surface area contributed by atoms with Gasteiger partial charge in [-0.25, -0.2) is 0 Å². The number of amides is 1. The number of ether oxygens (including phenoxy) is 1. The predicted octanol–water partition coefficient (Wildman–Crippen LogP) is 1.28. The molecule has 0 unspecified atom stereocenters. The zero-order chi connectivity index (χ0) is 12.4. The van der Waals surface area contributed by atoms with E-state index in [0.29, 0.717) is 10.6 Å². The molecule has 0 fully saturated rings. The Bertz CT molecular complexity index is 546. The molecule has 1 aromatic rings. The lowest BCUT2D eigenvalue weighted by atomic mass is 10.1. The molecule has 5 nitrogen and oxygen atoms in total. The van der Waals surface area contributed by atoms with Crippen LogP contribution in [0.2, 0.25) is 5.02 Å². The van der Waals surface area contributed by atoms with Crippen LogP contribution >= 0.6 is 11.6 Å². The minimum absolute atomic E-state index is 0.178. The molecule has 2 rings (SSSR count). The molecule has 1 aromatic carbocycles. The normalized spacial score (nSPS) is 16.9. The number of ketones is 1. The van der Waals surface area contributed by atoms with Crippen molar-refractivity contribution in [3.05, 3.63) is 46.7 Å². The number of nitrogens with two attached hydrogens (primary N) is 1. The highest BCUT2D eigenvalue weighted by Gasteiger charge is 2.21. The van der Waals surface area contributed by atoms with Gasteiger partial charge in [0.2, 0.25) is 5.76 Å². The van der Waals surface area contributed by atoms with Crippen molar-refractivity contribution >= 4 is 29.3 Å². The maximum Gasteiger partial charge on any atom is 0.317 e. The number of hydrogen-bond donors (Lipinski definition) is 1. The minimum atomic E-state index is -0.662. The second-order valence-electron chi connectivity index (χ2n) is 3.24. The summed E-state index contributed by atoms with van der Waals surface area (Å²) in [6.07, 6.45) is 1.05. The number of amidine groups is 1. The first-order chi connectivity index (χ1) is 8.06. The average Bonchev–Trinajstić information content (AvgIpc) is 2.58. The van der Waals surface area contributed by atoms with E-state index in [-0.39, 0.29) is 17.6 Å². The van der Waals surface area contributed by atoms with Crippen molar-refractivity contribution in [2.45, 2.75) is 0 Å². The van der Waals surface area contributed by atoms with E-state index in [1.807, 2.05) is 0 Å². The zero-order valence-corrected chi connectivity index (χ0v) is 9.27. The summed E-state index contributed by atoms with van der Waals surface area (Å²) in [5.74, 6) is -1.22. The van der Waals surface area contributed by atoms with Crippen molar-refractivity contribution in [1.29, 1.82) is 0 Å². The van der Waals surface area contributed by atoms with Crippen LogP contribution in [0.4, 0.5) is 0 Å². The Morgan fingerprint density at radius 1 is 1.35 bits per heavy atom. The van der Waals surface area contributed by atoms with Crippen LogP contribution in [0.1, 0.15) is 10.4 Å². The molecule has 6 heteroatoms. The molecule has 1 aliphatic heterocycles. The molecule has 0 bridgehead atoms. The van der Waals surface area contributed by atoms with Crippen molar-refractivity contribution in [3.63, 3.8) is 0 Å². The molecule has 0 aromatic heterocycles. The number of carbonyl (C=O) groups excluding carboxylic acids is 2. The molecule has 0 saturated heterocycles. The van der Waals surface area contributed by atoms with Gasteiger partial charge >= 0.3 is 5.91 Å². The first kappa shape index (κ1) is 11.3. The second-order valence-corrected chi connectivity index (χ2v) is 3.67. The molecule has 1 aliphatic rings.